The van der Waals surface area contributed by atoms with E-state index in [0.29, 0.717) is 40.0 Å². The molecule has 1 N–H and O–H groups in total. The number of terminal acetylenes is 1. The number of methoxy groups -OCH3 is 1. The Bertz CT molecular complexity index is 1170. The Kier molecular flexibility index (Phi) is 7.36. The average Bonchev–Trinajstić information content (AvgIpc) is 2.77. The number of hydrogen-bond acceptors (Lipinski definition) is 5. The molecule has 0 bridgehead atoms. The van der Waals surface area contributed by atoms with Crippen molar-refractivity contribution in [3.63, 3.8) is 0 Å². The van der Waals surface area contributed by atoms with Crippen LogP contribution in [0, 0.1) is 12.3 Å². The summed E-state index contributed by atoms with van der Waals surface area (Å²) in [6, 6.07) is 14.6. The van der Waals surface area contributed by atoms with Crippen molar-refractivity contribution in [2.24, 2.45) is 5.10 Å². The number of amides is 1. The Hall–Kier alpha value is -3.69. The van der Waals surface area contributed by atoms with Gasteiger partial charge in [-0.15, -0.1) is 6.42 Å². The lowest BCUT2D eigenvalue weighted by molar-refractivity contribution is 0.0952. The topological polar surface area (TPSA) is 69.2 Å². The first kappa shape index (κ1) is 22.0. The molecular weight excluding hydrogens is 416 g/mol. The SMILES string of the molecule is C#CCOc1c(Cl)cc(C=NNC(=O)c2cc3ccccc3cc2OC)cc1OCC. The number of rotatable bonds is 8. The number of carbonyl (C=O) groups is 1. The van der Waals surface area contributed by atoms with E-state index in [4.69, 9.17) is 32.2 Å². The minimum atomic E-state index is -0.399. The van der Waals surface area contributed by atoms with E-state index in [0.717, 1.165) is 10.8 Å². The third-order valence-electron chi connectivity index (χ3n) is 4.32. The molecule has 6 nitrogen and oxygen atoms in total. The van der Waals surface area contributed by atoms with E-state index in [1.54, 1.807) is 18.2 Å². The van der Waals surface area contributed by atoms with Crippen molar-refractivity contribution in [2.75, 3.05) is 20.3 Å². The maximum atomic E-state index is 12.7. The van der Waals surface area contributed by atoms with Crippen LogP contribution in [-0.4, -0.2) is 32.4 Å². The van der Waals surface area contributed by atoms with Gasteiger partial charge < -0.3 is 14.2 Å². The molecule has 31 heavy (non-hydrogen) atoms. The minimum absolute atomic E-state index is 0.0663. The number of benzene rings is 3. The van der Waals surface area contributed by atoms with Crippen molar-refractivity contribution >= 4 is 34.5 Å². The van der Waals surface area contributed by atoms with E-state index in [-0.39, 0.29) is 6.61 Å². The van der Waals surface area contributed by atoms with Crippen LogP contribution in [0.4, 0.5) is 0 Å². The lowest BCUT2D eigenvalue weighted by Crippen LogP contribution is -2.18. The molecule has 0 fully saturated rings. The van der Waals surface area contributed by atoms with Gasteiger partial charge in [-0.3, -0.25) is 4.79 Å². The molecule has 0 spiro atoms. The summed E-state index contributed by atoms with van der Waals surface area (Å²) < 4.78 is 16.4. The van der Waals surface area contributed by atoms with Crippen LogP contribution in [0.1, 0.15) is 22.8 Å². The standard InChI is InChI=1S/C24H21ClN2O4/c1-4-10-31-23-20(25)11-16(12-22(23)30-5-2)15-26-27-24(28)19-13-17-8-6-7-9-18(17)14-21(19)29-3/h1,6-9,11-15H,5,10H2,2-3H3,(H,27,28). The smallest absolute Gasteiger partial charge is 0.275 e. The van der Waals surface area contributed by atoms with Crippen molar-refractivity contribution in [3.05, 3.63) is 64.7 Å². The van der Waals surface area contributed by atoms with E-state index in [1.807, 2.05) is 37.3 Å². The van der Waals surface area contributed by atoms with Gasteiger partial charge in [0.2, 0.25) is 0 Å². The van der Waals surface area contributed by atoms with Crippen molar-refractivity contribution < 1.29 is 19.0 Å². The molecule has 0 heterocycles. The summed E-state index contributed by atoms with van der Waals surface area (Å²) in [6.45, 7) is 2.33. The highest BCUT2D eigenvalue weighted by molar-refractivity contribution is 6.32. The molecule has 3 aromatic carbocycles. The monoisotopic (exact) mass is 436 g/mol. The fraction of sp³-hybridized carbons (Fsp3) is 0.167. The molecule has 0 aromatic heterocycles. The van der Waals surface area contributed by atoms with Gasteiger partial charge in [0.25, 0.3) is 5.91 Å². The first-order valence-electron chi connectivity index (χ1n) is 9.50. The van der Waals surface area contributed by atoms with E-state index < -0.39 is 5.91 Å². The minimum Gasteiger partial charge on any atom is -0.496 e. The molecule has 0 aliphatic rings. The summed E-state index contributed by atoms with van der Waals surface area (Å²) in [4.78, 5) is 12.7. The molecule has 7 heteroatoms. The van der Waals surface area contributed by atoms with Crippen LogP contribution >= 0.6 is 11.6 Å². The lowest BCUT2D eigenvalue weighted by atomic mass is 10.1. The predicted molar refractivity (Wildman–Crippen MR) is 123 cm³/mol. The molecule has 0 aliphatic carbocycles. The molecule has 158 valence electrons. The highest BCUT2D eigenvalue weighted by Gasteiger charge is 2.14. The van der Waals surface area contributed by atoms with Gasteiger partial charge in [-0.1, -0.05) is 41.8 Å². The zero-order valence-corrected chi connectivity index (χ0v) is 17.9. The van der Waals surface area contributed by atoms with Gasteiger partial charge in [0.05, 0.1) is 30.5 Å². The third kappa shape index (κ3) is 5.27. The molecular formula is C24H21ClN2O4. The summed E-state index contributed by atoms with van der Waals surface area (Å²) >= 11 is 6.30. The average molecular weight is 437 g/mol. The molecule has 3 rings (SSSR count). The van der Waals surface area contributed by atoms with Crippen molar-refractivity contribution in [1.82, 2.24) is 5.43 Å². The Morgan fingerprint density at radius 2 is 1.90 bits per heavy atom. The Balaban J connectivity index is 1.81. The van der Waals surface area contributed by atoms with Crippen LogP contribution in [0.5, 0.6) is 17.2 Å². The lowest BCUT2D eigenvalue weighted by Gasteiger charge is -2.13. The molecule has 0 aliphatic heterocycles. The number of hydrogen-bond donors (Lipinski definition) is 1. The normalized spacial score (nSPS) is 10.6. The molecule has 0 unspecified atom stereocenters. The number of ether oxygens (including phenoxy) is 3. The van der Waals surface area contributed by atoms with Gasteiger partial charge in [-0.25, -0.2) is 5.43 Å². The Labute approximate surface area is 185 Å². The zero-order chi connectivity index (χ0) is 22.2. The summed E-state index contributed by atoms with van der Waals surface area (Å²) in [5.74, 6) is 3.26. The van der Waals surface area contributed by atoms with E-state index in [2.05, 4.69) is 16.4 Å². The second-order valence-electron chi connectivity index (χ2n) is 6.35. The van der Waals surface area contributed by atoms with Gasteiger partial charge in [-0.05, 0) is 47.5 Å². The van der Waals surface area contributed by atoms with Gasteiger partial charge in [0.1, 0.15) is 12.4 Å². The van der Waals surface area contributed by atoms with Crippen molar-refractivity contribution in [3.8, 4) is 29.6 Å². The number of nitrogens with one attached hydrogen (secondary N) is 1. The maximum Gasteiger partial charge on any atom is 0.275 e. The van der Waals surface area contributed by atoms with Crippen LogP contribution in [0.15, 0.2) is 53.6 Å². The molecule has 0 saturated heterocycles. The summed E-state index contributed by atoms with van der Waals surface area (Å²) in [5.41, 5.74) is 3.51. The number of nitrogens with zero attached hydrogens (tertiary/aromatic N) is 1. The first-order chi connectivity index (χ1) is 15.1. The van der Waals surface area contributed by atoms with Crippen LogP contribution in [0.25, 0.3) is 10.8 Å². The Morgan fingerprint density at radius 1 is 1.16 bits per heavy atom. The van der Waals surface area contributed by atoms with Gasteiger partial charge in [-0.2, -0.15) is 5.10 Å². The van der Waals surface area contributed by atoms with Crippen LogP contribution in [-0.2, 0) is 0 Å². The second kappa shape index (κ2) is 10.4. The second-order valence-corrected chi connectivity index (χ2v) is 6.76. The third-order valence-corrected chi connectivity index (χ3v) is 4.60. The van der Waals surface area contributed by atoms with E-state index >= 15 is 0 Å². The summed E-state index contributed by atoms with van der Waals surface area (Å²) in [6.07, 6.45) is 6.71. The molecule has 1 amide bonds. The van der Waals surface area contributed by atoms with E-state index in [1.165, 1.54) is 13.3 Å². The number of fused-ring (bicyclic) bond motifs is 1. The van der Waals surface area contributed by atoms with Gasteiger partial charge >= 0.3 is 0 Å². The zero-order valence-electron chi connectivity index (χ0n) is 17.1. The molecule has 0 saturated carbocycles. The highest BCUT2D eigenvalue weighted by atomic mass is 35.5. The maximum absolute atomic E-state index is 12.7. The predicted octanol–water partition coefficient (Wildman–Crippen LogP) is 4.68. The fourth-order valence-corrected chi connectivity index (χ4v) is 3.24. The van der Waals surface area contributed by atoms with Crippen LogP contribution in [0.2, 0.25) is 5.02 Å². The molecule has 0 radical (unpaired) electrons. The van der Waals surface area contributed by atoms with Crippen LogP contribution in [0.3, 0.4) is 0 Å². The number of halogens is 1. The van der Waals surface area contributed by atoms with Gasteiger partial charge in [0, 0.05) is 0 Å². The molecule has 0 atom stereocenters. The quantitative estimate of drug-likeness (QED) is 0.316. The molecule has 3 aromatic rings. The summed E-state index contributed by atoms with van der Waals surface area (Å²) in [5, 5.41) is 6.27. The van der Waals surface area contributed by atoms with Crippen molar-refractivity contribution in [2.45, 2.75) is 6.92 Å². The fourth-order valence-electron chi connectivity index (χ4n) is 2.97. The van der Waals surface area contributed by atoms with Crippen molar-refractivity contribution in [1.29, 1.82) is 0 Å². The highest BCUT2D eigenvalue weighted by Crippen LogP contribution is 2.36. The Morgan fingerprint density at radius 3 is 2.58 bits per heavy atom. The largest absolute Gasteiger partial charge is 0.496 e. The number of hydrazone groups is 1. The van der Waals surface area contributed by atoms with Crippen LogP contribution < -0.4 is 19.6 Å². The number of carbonyl (C=O) groups excluding carboxylic acids is 1. The first-order valence-corrected chi connectivity index (χ1v) is 9.88. The summed E-state index contributed by atoms with van der Waals surface area (Å²) in [7, 11) is 1.52. The van der Waals surface area contributed by atoms with E-state index in [9.17, 15) is 4.79 Å². The van der Waals surface area contributed by atoms with Gasteiger partial charge in [0.15, 0.2) is 11.5 Å².